The zero-order chi connectivity index (χ0) is 15.2. The van der Waals surface area contributed by atoms with E-state index in [2.05, 4.69) is 17.6 Å². The maximum absolute atomic E-state index is 11.9. The first-order valence-electron chi connectivity index (χ1n) is 6.67. The molecule has 5 heteroatoms. The van der Waals surface area contributed by atoms with E-state index in [1.54, 1.807) is 18.2 Å². The molecular weight excluding hydrogens is 307 g/mol. The van der Waals surface area contributed by atoms with E-state index in [1.165, 1.54) is 5.56 Å². The van der Waals surface area contributed by atoms with Crippen molar-refractivity contribution < 1.29 is 4.79 Å². The van der Waals surface area contributed by atoms with Crippen LogP contribution in [0, 0.1) is 0 Å². The topological polar surface area (TPSA) is 41.1 Å². The fourth-order valence-electron chi connectivity index (χ4n) is 1.84. The summed E-state index contributed by atoms with van der Waals surface area (Å²) in [4.78, 5) is 11.9. The minimum absolute atomic E-state index is 0.121. The zero-order valence-electron chi connectivity index (χ0n) is 11.6. The van der Waals surface area contributed by atoms with Crippen molar-refractivity contribution in [1.82, 2.24) is 0 Å². The number of rotatable bonds is 5. The van der Waals surface area contributed by atoms with Gasteiger partial charge in [-0.25, -0.2) is 0 Å². The molecule has 0 heterocycles. The third-order valence-corrected chi connectivity index (χ3v) is 3.86. The number of aryl methyl sites for hydroxylation is 1. The van der Waals surface area contributed by atoms with Crippen molar-refractivity contribution in [2.24, 2.45) is 0 Å². The molecule has 0 aliphatic heterocycles. The quantitative estimate of drug-likeness (QED) is 0.844. The van der Waals surface area contributed by atoms with Crippen LogP contribution in [0.1, 0.15) is 12.5 Å². The van der Waals surface area contributed by atoms with Gasteiger partial charge in [0.1, 0.15) is 0 Å². The van der Waals surface area contributed by atoms with E-state index in [4.69, 9.17) is 23.2 Å². The Hall–Kier alpha value is -1.71. The van der Waals surface area contributed by atoms with E-state index >= 15 is 0 Å². The van der Waals surface area contributed by atoms with Crippen molar-refractivity contribution >= 4 is 40.5 Å². The first kappa shape index (κ1) is 15.7. The van der Waals surface area contributed by atoms with E-state index in [1.807, 2.05) is 24.3 Å². The molecule has 2 aromatic rings. The summed E-state index contributed by atoms with van der Waals surface area (Å²) in [5, 5.41) is 6.66. The van der Waals surface area contributed by atoms with Gasteiger partial charge in [0.15, 0.2) is 0 Å². The molecule has 0 saturated heterocycles. The second-order valence-corrected chi connectivity index (χ2v) is 5.34. The van der Waals surface area contributed by atoms with E-state index < -0.39 is 0 Å². The van der Waals surface area contributed by atoms with Crippen LogP contribution in [0.4, 0.5) is 11.4 Å². The molecule has 0 aliphatic rings. The Morgan fingerprint density at radius 3 is 2.48 bits per heavy atom. The summed E-state index contributed by atoms with van der Waals surface area (Å²) in [7, 11) is 0. The average Bonchev–Trinajstić information content (AvgIpc) is 2.49. The van der Waals surface area contributed by atoms with Crippen molar-refractivity contribution in [3.8, 4) is 0 Å². The molecule has 0 aromatic heterocycles. The average molecular weight is 323 g/mol. The summed E-state index contributed by atoms with van der Waals surface area (Å²) in [5.74, 6) is -0.143. The largest absolute Gasteiger partial charge is 0.375 e. The summed E-state index contributed by atoms with van der Waals surface area (Å²) < 4.78 is 0. The van der Waals surface area contributed by atoms with Gasteiger partial charge in [-0.15, -0.1) is 0 Å². The Morgan fingerprint density at radius 2 is 1.81 bits per heavy atom. The highest BCUT2D eigenvalue weighted by Gasteiger charge is 2.06. The molecule has 0 aliphatic carbocycles. The minimum atomic E-state index is -0.143. The standard InChI is InChI=1S/C16H16Cl2N2O/c1-2-11-6-8-12(9-7-11)20-15(21)10-19-14-5-3-4-13(17)16(14)18/h3-9,19H,2,10H2,1H3,(H,20,21). The Morgan fingerprint density at radius 1 is 1.10 bits per heavy atom. The van der Waals surface area contributed by atoms with Crippen LogP contribution in [-0.4, -0.2) is 12.5 Å². The van der Waals surface area contributed by atoms with E-state index in [9.17, 15) is 4.79 Å². The highest BCUT2D eigenvalue weighted by molar-refractivity contribution is 6.43. The van der Waals surface area contributed by atoms with Crippen molar-refractivity contribution in [3.05, 3.63) is 58.1 Å². The first-order chi connectivity index (χ1) is 10.1. The van der Waals surface area contributed by atoms with Gasteiger partial charge in [-0.3, -0.25) is 4.79 Å². The SMILES string of the molecule is CCc1ccc(NC(=O)CNc2cccc(Cl)c2Cl)cc1. The monoisotopic (exact) mass is 322 g/mol. The molecule has 110 valence electrons. The fourth-order valence-corrected chi connectivity index (χ4v) is 2.21. The van der Waals surface area contributed by atoms with Crippen LogP contribution in [0.2, 0.25) is 10.0 Å². The third kappa shape index (κ3) is 4.38. The lowest BCUT2D eigenvalue weighted by Crippen LogP contribution is -2.21. The molecule has 0 bridgehead atoms. The number of benzene rings is 2. The molecule has 0 atom stereocenters. The molecule has 0 spiro atoms. The van der Waals surface area contributed by atoms with Crippen molar-refractivity contribution in [2.75, 3.05) is 17.2 Å². The summed E-state index contributed by atoms with van der Waals surface area (Å²) in [6.07, 6.45) is 0.975. The molecule has 0 radical (unpaired) electrons. The van der Waals surface area contributed by atoms with Crippen LogP contribution < -0.4 is 10.6 Å². The van der Waals surface area contributed by atoms with Gasteiger partial charge in [0.25, 0.3) is 0 Å². The highest BCUT2D eigenvalue weighted by Crippen LogP contribution is 2.29. The molecule has 0 saturated carbocycles. The summed E-state index contributed by atoms with van der Waals surface area (Å²) >= 11 is 12.0. The van der Waals surface area contributed by atoms with E-state index in [0.29, 0.717) is 15.7 Å². The number of carbonyl (C=O) groups is 1. The number of amides is 1. The van der Waals surface area contributed by atoms with Gasteiger partial charge in [0, 0.05) is 5.69 Å². The van der Waals surface area contributed by atoms with Gasteiger partial charge < -0.3 is 10.6 Å². The lowest BCUT2D eigenvalue weighted by atomic mass is 10.1. The van der Waals surface area contributed by atoms with Gasteiger partial charge in [-0.2, -0.15) is 0 Å². The molecule has 1 amide bonds. The van der Waals surface area contributed by atoms with Crippen LogP contribution >= 0.6 is 23.2 Å². The van der Waals surface area contributed by atoms with Crippen LogP contribution in [0.3, 0.4) is 0 Å². The smallest absolute Gasteiger partial charge is 0.243 e. The Kier molecular flexibility index (Phi) is 5.48. The van der Waals surface area contributed by atoms with E-state index in [-0.39, 0.29) is 12.5 Å². The number of nitrogens with one attached hydrogen (secondary N) is 2. The number of carbonyl (C=O) groups excluding carboxylic acids is 1. The second-order valence-electron chi connectivity index (χ2n) is 4.55. The lowest BCUT2D eigenvalue weighted by molar-refractivity contribution is -0.114. The summed E-state index contributed by atoms with van der Waals surface area (Å²) in [5.41, 5.74) is 2.65. The van der Waals surface area contributed by atoms with E-state index in [0.717, 1.165) is 12.1 Å². The Labute approximate surface area is 134 Å². The number of halogens is 2. The van der Waals surface area contributed by atoms with Crippen LogP contribution in [-0.2, 0) is 11.2 Å². The van der Waals surface area contributed by atoms with Gasteiger partial charge in [0.2, 0.25) is 5.91 Å². The first-order valence-corrected chi connectivity index (χ1v) is 7.42. The molecule has 3 nitrogen and oxygen atoms in total. The van der Waals surface area contributed by atoms with Gasteiger partial charge >= 0.3 is 0 Å². The Balaban J connectivity index is 1.91. The number of anilines is 2. The number of hydrogen-bond acceptors (Lipinski definition) is 2. The Bertz CT molecular complexity index is 627. The van der Waals surface area contributed by atoms with Crippen molar-refractivity contribution in [1.29, 1.82) is 0 Å². The number of hydrogen-bond donors (Lipinski definition) is 2. The fraction of sp³-hybridized carbons (Fsp3) is 0.188. The molecule has 21 heavy (non-hydrogen) atoms. The molecule has 2 N–H and O–H groups in total. The predicted octanol–water partition coefficient (Wildman–Crippen LogP) is 4.61. The second kappa shape index (κ2) is 7.34. The molecule has 2 aromatic carbocycles. The minimum Gasteiger partial charge on any atom is -0.375 e. The molecule has 0 fully saturated rings. The highest BCUT2D eigenvalue weighted by atomic mass is 35.5. The maximum atomic E-state index is 11.9. The lowest BCUT2D eigenvalue weighted by Gasteiger charge is -2.10. The van der Waals surface area contributed by atoms with Gasteiger partial charge in [-0.1, -0.05) is 48.3 Å². The summed E-state index contributed by atoms with van der Waals surface area (Å²) in [6.45, 7) is 2.21. The van der Waals surface area contributed by atoms with Gasteiger partial charge in [-0.05, 0) is 36.2 Å². The molecule has 0 unspecified atom stereocenters. The van der Waals surface area contributed by atoms with Crippen LogP contribution in [0.15, 0.2) is 42.5 Å². The molecular formula is C16H16Cl2N2O. The van der Waals surface area contributed by atoms with Crippen molar-refractivity contribution in [3.63, 3.8) is 0 Å². The maximum Gasteiger partial charge on any atom is 0.243 e. The van der Waals surface area contributed by atoms with Crippen LogP contribution in [0.25, 0.3) is 0 Å². The third-order valence-electron chi connectivity index (χ3n) is 3.04. The predicted molar refractivity (Wildman–Crippen MR) is 89.4 cm³/mol. The zero-order valence-corrected chi connectivity index (χ0v) is 13.1. The molecule has 2 rings (SSSR count). The van der Waals surface area contributed by atoms with Crippen molar-refractivity contribution in [2.45, 2.75) is 13.3 Å². The van der Waals surface area contributed by atoms with Gasteiger partial charge in [0.05, 0.1) is 22.3 Å². The normalized spacial score (nSPS) is 10.2. The van der Waals surface area contributed by atoms with Crippen LogP contribution in [0.5, 0.6) is 0 Å². The summed E-state index contributed by atoms with van der Waals surface area (Å²) in [6, 6.07) is 13.0.